The third kappa shape index (κ3) is 15.5. The Labute approximate surface area is 109 Å². The minimum absolute atomic E-state index is 1.09. The van der Waals surface area contributed by atoms with Crippen LogP contribution in [0.25, 0.3) is 0 Å². The van der Waals surface area contributed by atoms with Gasteiger partial charge in [-0.2, -0.15) is 0 Å². The zero-order valence-electron chi connectivity index (χ0n) is 11.8. The molecule has 0 aliphatic carbocycles. The van der Waals surface area contributed by atoms with E-state index in [4.69, 9.17) is 6.58 Å². The van der Waals surface area contributed by atoms with E-state index < -0.39 is 0 Å². The van der Waals surface area contributed by atoms with Crippen molar-refractivity contribution in [3.05, 3.63) is 24.8 Å². The fraction of sp³-hybridized carbons (Fsp3) is 0.765. The van der Waals surface area contributed by atoms with Gasteiger partial charge in [0.15, 0.2) is 0 Å². The van der Waals surface area contributed by atoms with Crippen LogP contribution < -0.4 is 0 Å². The van der Waals surface area contributed by atoms with Crippen LogP contribution in [0.15, 0.2) is 18.2 Å². The highest BCUT2D eigenvalue weighted by Gasteiger charge is 1.91. The maximum atomic E-state index is 5.34. The Kier molecular flexibility index (Phi) is 15.0. The summed E-state index contributed by atoms with van der Waals surface area (Å²) in [4.78, 5) is 0. The topological polar surface area (TPSA) is 0 Å². The predicted molar refractivity (Wildman–Crippen MR) is 79.1 cm³/mol. The minimum Gasteiger partial charge on any atom is -0.0885 e. The average Bonchev–Trinajstić information content (AvgIpc) is 2.35. The van der Waals surface area contributed by atoms with Gasteiger partial charge in [0.05, 0.1) is 0 Å². The van der Waals surface area contributed by atoms with Crippen LogP contribution in [0.5, 0.6) is 0 Å². The molecule has 0 unspecified atom stereocenters. The molecular formula is C17H31. The Morgan fingerprint density at radius 2 is 1.12 bits per heavy atom. The first-order valence-corrected chi connectivity index (χ1v) is 7.60. The first-order valence-electron chi connectivity index (χ1n) is 7.60. The lowest BCUT2D eigenvalue weighted by atomic mass is 10.1. The second kappa shape index (κ2) is 15.5. The smallest absolute Gasteiger partial charge is 0.0348 e. The first kappa shape index (κ1) is 16.5. The van der Waals surface area contributed by atoms with E-state index in [2.05, 4.69) is 19.1 Å². The molecule has 0 aliphatic heterocycles. The van der Waals surface area contributed by atoms with E-state index >= 15 is 0 Å². The van der Waals surface area contributed by atoms with Crippen LogP contribution in [0.4, 0.5) is 0 Å². The van der Waals surface area contributed by atoms with Crippen LogP contribution in [0.3, 0.4) is 0 Å². The molecule has 0 nitrogen and oxygen atoms in total. The van der Waals surface area contributed by atoms with Crippen LogP contribution in [-0.2, 0) is 0 Å². The molecule has 0 aliphatic rings. The zero-order chi connectivity index (χ0) is 12.6. The summed E-state index contributed by atoms with van der Waals surface area (Å²) in [6.45, 7) is 7.57. The number of unbranched alkanes of at least 4 members (excludes halogenated alkanes) is 10. The fourth-order valence-electron chi connectivity index (χ4n) is 1.99. The predicted octanol–water partition coefficient (Wildman–Crippen LogP) is 6.23. The maximum Gasteiger partial charge on any atom is -0.0348 e. The monoisotopic (exact) mass is 235 g/mol. The molecule has 0 saturated heterocycles. The molecule has 0 heterocycles. The van der Waals surface area contributed by atoms with Gasteiger partial charge in [-0.25, -0.2) is 0 Å². The average molecular weight is 235 g/mol. The number of hydrogen-bond acceptors (Lipinski definition) is 0. The molecule has 0 fully saturated rings. The van der Waals surface area contributed by atoms with Crippen molar-refractivity contribution in [1.29, 1.82) is 0 Å². The van der Waals surface area contributed by atoms with Crippen molar-refractivity contribution in [3.63, 3.8) is 0 Å². The molecule has 0 aromatic carbocycles. The zero-order valence-corrected chi connectivity index (χ0v) is 11.8. The summed E-state index contributed by atoms with van der Waals surface area (Å²) < 4.78 is 0. The molecule has 1 radical (unpaired) electrons. The van der Waals surface area contributed by atoms with Crippen LogP contribution in [0, 0.1) is 6.58 Å². The Morgan fingerprint density at radius 1 is 0.647 bits per heavy atom. The molecule has 0 spiro atoms. The van der Waals surface area contributed by atoms with Crippen molar-refractivity contribution in [1.82, 2.24) is 0 Å². The molecule has 0 atom stereocenters. The maximum absolute atomic E-state index is 5.34. The second-order valence-electron chi connectivity index (χ2n) is 4.90. The summed E-state index contributed by atoms with van der Waals surface area (Å²) in [6.07, 6.45) is 22.4. The summed E-state index contributed by atoms with van der Waals surface area (Å²) in [7, 11) is 0. The Hall–Kier alpha value is -0.520. The van der Waals surface area contributed by atoms with Gasteiger partial charge in [-0.15, -0.1) is 0 Å². The molecule has 0 aromatic heterocycles. The lowest BCUT2D eigenvalue weighted by Crippen LogP contribution is -1.81. The van der Waals surface area contributed by atoms with Crippen LogP contribution in [0.2, 0.25) is 0 Å². The molecule has 0 saturated carbocycles. The SMILES string of the molecule is [CH]=CCCCCCCCCCCC=CCCC. The lowest BCUT2D eigenvalue weighted by molar-refractivity contribution is 0.571. The van der Waals surface area contributed by atoms with E-state index in [1.165, 1.54) is 70.6 Å². The molecule has 17 heavy (non-hydrogen) atoms. The molecule has 0 rings (SSSR count). The van der Waals surface area contributed by atoms with Crippen molar-refractivity contribution >= 4 is 0 Å². The molecule has 0 amide bonds. The van der Waals surface area contributed by atoms with Gasteiger partial charge in [0.25, 0.3) is 0 Å². The van der Waals surface area contributed by atoms with E-state index in [0.717, 1.165) is 6.42 Å². The fourth-order valence-corrected chi connectivity index (χ4v) is 1.99. The van der Waals surface area contributed by atoms with E-state index in [1.54, 1.807) is 6.08 Å². The standard InChI is InChI=1S/C17H31/c1-3-5-7-9-11-13-15-17-16-14-12-10-8-6-4-2/h1,3,8,10H,4-7,9,11-17H2,2H3. The van der Waals surface area contributed by atoms with E-state index in [9.17, 15) is 0 Å². The molecule has 0 heteroatoms. The van der Waals surface area contributed by atoms with E-state index in [-0.39, 0.29) is 0 Å². The minimum atomic E-state index is 1.09. The normalized spacial score (nSPS) is 11.1. The lowest BCUT2D eigenvalue weighted by Gasteiger charge is -2.00. The molecule has 99 valence electrons. The van der Waals surface area contributed by atoms with Crippen LogP contribution >= 0.6 is 0 Å². The van der Waals surface area contributed by atoms with Crippen molar-refractivity contribution in [2.24, 2.45) is 0 Å². The van der Waals surface area contributed by atoms with Gasteiger partial charge in [0.1, 0.15) is 0 Å². The second-order valence-corrected chi connectivity index (χ2v) is 4.90. The van der Waals surface area contributed by atoms with Crippen molar-refractivity contribution in [2.75, 3.05) is 0 Å². The molecule has 0 N–H and O–H groups in total. The van der Waals surface area contributed by atoms with Gasteiger partial charge in [-0.05, 0) is 32.1 Å². The summed E-state index contributed by atoms with van der Waals surface area (Å²) in [6, 6.07) is 0. The van der Waals surface area contributed by atoms with Crippen molar-refractivity contribution < 1.29 is 0 Å². The summed E-state index contributed by atoms with van der Waals surface area (Å²) >= 11 is 0. The third-order valence-corrected chi connectivity index (χ3v) is 3.11. The quantitative estimate of drug-likeness (QED) is 0.262. The highest BCUT2D eigenvalue weighted by atomic mass is 14.0. The van der Waals surface area contributed by atoms with Crippen LogP contribution in [0.1, 0.15) is 84.0 Å². The van der Waals surface area contributed by atoms with E-state index in [0.29, 0.717) is 0 Å². The van der Waals surface area contributed by atoms with Crippen LogP contribution in [-0.4, -0.2) is 0 Å². The Balaban J connectivity index is 2.96. The molecular weight excluding hydrogens is 204 g/mol. The van der Waals surface area contributed by atoms with Gasteiger partial charge < -0.3 is 0 Å². The highest BCUT2D eigenvalue weighted by molar-refractivity contribution is 4.80. The van der Waals surface area contributed by atoms with Gasteiger partial charge in [-0.3, -0.25) is 0 Å². The van der Waals surface area contributed by atoms with Gasteiger partial charge >= 0.3 is 0 Å². The number of hydrogen-bond donors (Lipinski definition) is 0. The van der Waals surface area contributed by atoms with Crippen molar-refractivity contribution in [3.8, 4) is 0 Å². The van der Waals surface area contributed by atoms with Gasteiger partial charge in [0, 0.05) is 0 Å². The highest BCUT2D eigenvalue weighted by Crippen LogP contribution is 2.10. The largest absolute Gasteiger partial charge is 0.0885 e. The van der Waals surface area contributed by atoms with Crippen molar-refractivity contribution in [2.45, 2.75) is 84.0 Å². The summed E-state index contributed by atoms with van der Waals surface area (Å²) in [5.74, 6) is 0. The number of rotatable bonds is 13. The van der Waals surface area contributed by atoms with E-state index in [1.807, 2.05) is 0 Å². The summed E-state index contributed by atoms with van der Waals surface area (Å²) in [5.41, 5.74) is 0. The molecule has 0 aromatic rings. The van der Waals surface area contributed by atoms with Gasteiger partial charge in [-0.1, -0.05) is 76.7 Å². The Bertz CT molecular complexity index is 167. The summed E-state index contributed by atoms with van der Waals surface area (Å²) in [5, 5.41) is 0. The first-order chi connectivity index (χ1) is 8.41. The Morgan fingerprint density at radius 3 is 1.65 bits per heavy atom. The van der Waals surface area contributed by atoms with Gasteiger partial charge in [0.2, 0.25) is 0 Å². The third-order valence-electron chi connectivity index (χ3n) is 3.11. The number of allylic oxidation sites excluding steroid dienone is 3. The molecule has 0 bridgehead atoms.